The van der Waals surface area contributed by atoms with E-state index in [1.165, 1.54) is 10.6 Å². The fourth-order valence-electron chi connectivity index (χ4n) is 1.78. The molecule has 0 aliphatic rings. The zero-order valence-corrected chi connectivity index (χ0v) is 11.6. The first-order valence-corrected chi connectivity index (χ1v) is 6.59. The van der Waals surface area contributed by atoms with Crippen LogP contribution in [0.3, 0.4) is 0 Å². The molecule has 0 unspecified atom stereocenters. The number of rotatable bonds is 5. The van der Waals surface area contributed by atoms with Gasteiger partial charge in [-0.2, -0.15) is 4.98 Å². The van der Waals surface area contributed by atoms with Crippen LogP contribution in [-0.4, -0.2) is 19.7 Å². The van der Waals surface area contributed by atoms with Crippen LogP contribution in [0.4, 0.5) is 0 Å². The Morgan fingerprint density at radius 1 is 1.37 bits per heavy atom. The van der Waals surface area contributed by atoms with Crippen molar-refractivity contribution in [3.05, 3.63) is 39.1 Å². The average Bonchev–Trinajstić information content (AvgIpc) is 2.80. The fourth-order valence-corrected chi connectivity index (χ4v) is 1.97. The Kier molecular flexibility index (Phi) is 4.31. The Labute approximate surface area is 115 Å². The summed E-state index contributed by atoms with van der Waals surface area (Å²) in [6, 6.07) is 1.28. The van der Waals surface area contributed by atoms with Gasteiger partial charge in [-0.1, -0.05) is 30.6 Å². The molecule has 19 heavy (non-hydrogen) atoms. The molecule has 6 nitrogen and oxygen atoms in total. The van der Waals surface area contributed by atoms with Crippen LogP contribution in [0.5, 0.6) is 0 Å². The van der Waals surface area contributed by atoms with Crippen LogP contribution in [0.15, 0.2) is 15.4 Å². The van der Waals surface area contributed by atoms with Gasteiger partial charge in [0.2, 0.25) is 5.89 Å². The molecule has 7 heteroatoms. The Bertz CT molecular complexity index is 620. The highest BCUT2D eigenvalue weighted by Gasteiger charge is 2.11. The Morgan fingerprint density at radius 3 is 2.84 bits per heavy atom. The second-order valence-electron chi connectivity index (χ2n) is 4.13. The molecule has 0 saturated carbocycles. The zero-order valence-electron chi connectivity index (χ0n) is 10.9. The molecule has 0 aliphatic heterocycles. The number of halogens is 1. The second-order valence-corrected chi connectivity index (χ2v) is 4.51. The molecule has 0 N–H and O–H groups in total. The summed E-state index contributed by atoms with van der Waals surface area (Å²) < 4.78 is 6.62. The van der Waals surface area contributed by atoms with Crippen LogP contribution in [0.2, 0.25) is 5.15 Å². The average molecular weight is 283 g/mol. The third-order valence-corrected chi connectivity index (χ3v) is 2.84. The summed E-state index contributed by atoms with van der Waals surface area (Å²) in [5.74, 6) is 1.67. The van der Waals surface area contributed by atoms with Gasteiger partial charge in [-0.25, -0.2) is 4.98 Å². The molecule has 0 saturated heterocycles. The molecule has 2 aromatic rings. The van der Waals surface area contributed by atoms with Gasteiger partial charge in [0.25, 0.3) is 5.56 Å². The zero-order chi connectivity index (χ0) is 13.8. The van der Waals surface area contributed by atoms with Crippen molar-refractivity contribution in [1.82, 2.24) is 19.7 Å². The molecule has 0 amide bonds. The summed E-state index contributed by atoms with van der Waals surface area (Å²) in [5, 5.41) is 4.06. The topological polar surface area (TPSA) is 73.8 Å². The molecule has 0 aliphatic carbocycles. The van der Waals surface area contributed by atoms with Gasteiger partial charge in [0.1, 0.15) is 17.5 Å². The molecule has 2 aromatic heterocycles. The monoisotopic (exact) mass is 282 g/mol. The summed E-state index contributed by atoms with van der Waals surface area (Å²) in [4.78, 5) is 20.3. The van der Waals surface area contributed by atoms with Crippen molar-refractivity contribution >= 4 is 11.6 Å². The largest absolute Gasteiger partial charge is 0.337 e. The lowest BCUT2D eigenvalue weighted by Crippen LogP contribution is -2.25. The normalized spacial score (nSPS) is 10.9. The molecule has 2 heterocycles. The van der Waals surface area contributed by atoms with E-state index in [0.717, 1.165) is 12.8 Å². The number of nitrogens with zero attached hydrogens (tertiary/aromatic N) is 4. The van der Waals surface area contributed by atoms with E-state index in [9.17, 15) is 4.79 Å². The smallest absolute Gasteiger partial charge is 0.255 e. The minimum atomic E-state index is -0.216. The molecular weight excluding hydrogens is 268 g/mol. The first kappa shape index (κ1) is 13.7. The van der Waals surface area contributed by atoms with E-state index in [1.807, 2.05) is 13.8 Å². The molecule has 0 fully saturated rings. The molecule has 0 radical (unpaired) electrons. The van der Waals surface area contributed by atoms with Crippen LogP contribution in [0.25, 0.3) is 0 Å². The highest BCUT2D eigenvalue weighted by molar-refractivity contribution is 6.29. The molecule has 0 bridgehead atoms. The van der Waals surface area contributed by atoms with Gasteiger partial charge in [-0.15, -0.1) is 0 Å². The summed E-state index contributed by atoms with van der Waals surface area (Å²) in [7, 11) is 0. The Morgan fingerprint density at radius 2 is 2.16 bits per heavy atom. The van der Waals surface area contributed by atoms with Crippen LogP contribution in [0.1, 0.15) is 37.8 Å². The number of hydrogen-bond donors (Lipinski definition) is 0. The Balaban J connectivity index is 2.29. The maximum Gasteiger partial charge on any atom is 0.255 e. The second kappa shape index (κ2) is 5.97. The maximum absolute atomic E-state index is 11.9. The van der Waals surface area contributed by atoms with Gasteiger partial charge < -0.3 is 4.52 Å². The fraction of sp³-hybridized carbons (Fsp3) is 0.500. The molecular formula is C12H15ClN4O2. The minimum absolute atomic E-state index is 0.204. The van der Waals surface area contributed by atoms with Gasteiger partial charge in [0, 0.05) is 18.9 Å². The molecule has 0 atom stereocenters. The summed E-state index contributed by atoms with van der Waals surface area (Å²) >= 11 is 5.77. The lowest BCUT2D eigenvalue weighted by Gasteiger charge is -2.07. The first-order chi connectivity index (χ1) is 9.13. The van der Waals surface area contributed by atoms with Crippen LogP contribution in [0, 0.1) is 0 Å². The maximum atomic E-state index is 11.9. The van der Waals surface area contributed by atoms with Gasteiger partial charge >= 0.3 is 0 Å². The quantitative estimate of drug-likeness (QED) is 0.782. The van der Waals surface area contributed by atoms with E-state index < -0.39 is 0 Å². The van der Waals surface area contributed by atoms with Crippen molar-refractivity contribution in [3.8, 4) is 0 Å². The standard InChI is InChI=1S/C12H15ClN4O2/c1-3-5-9-15-11(19-16-9)7-17-10(4-2)14-8(13)6-12(17)18/h6H,3-5,7H2,1-2H3. The van der Waals surface area contributed by atoms with Crippen molar-refractivity contribution in [3.63, 3.8) is 0 Å². The minimum Gasteiger partial charge on any atom is -0.337 e. The molecule has 0 spiro atoms. The predicted molar refractivity (Wildman–Crippen MR) is 70.3 cm³/mol. The summed E-state index contributed by atoms with van der Waals surface area (Å²) in [6.45, 7) is 4.17. The lowest BCUT2D eigenvalue weighted by molar-refractivity contribution is 0.362. The lowest BCUT2D eigenvalue weighted by atomic mass is 10.3. The van der Waals surface area contributed by atoms with Gasteiger partial charge in [0.05, 0.1) is 0 Å². The summed E-state index contributed by atoms with van der Waals surface area (Å²) in [6.07, 6.45) is 2.31. The van der Waals surface area contributed by atoms with E-state index in [4.69, 9.17) is 16.1 Å². The first-order valence-electron chi connectivity index (χ1n) is 6.21. The summed E-state index contributed by atoms with van der Waals surface area (Å²) in [5.41, 5.74) is -0.216. The number of hydrogen-bond acceptors (Lipinski definition) is 5. The number of aromatic nitrogens is 4. The van der Waals surface area contributed by atoms with E-state index in [-0.39, 0.29) is 17.3 Å². The molecule has 0 aromatic carbocycles. The Hall–Kier alpha value is -1.69. The van der Waals surface area contributed by atoms with E-state index in [0.29, 0.717) is 24.0 Å². The highest BCUT2D eigenvalue weighted by atomic mass is 35.5. The van der Waals surface area contributed by atoms with Gasteiger partial charge in [0.15, 0.2) is 5.82 Å². The van der Waals surface area contributed by atoms with Gasteiger partial charge in [-0.3, -0.25) is 9.36 Å². The number of aryl methyl sites for hydroxylation is 2. The van der Waals surface area contributed by atoms with Crippen molar-refractivity contribution in [2.45, 2.75) is 39.7 Å². The van der Waals surface area contributed by atoms with E-state index in [2.05, 4.69) is 15.1 Å². The van der Waals surface area contributed by atoms with Gasteiger partial charge in [-0.05, 0) is 6.42 Å². The van der Waals surface area contributed by atoms with Crippen LogP contribution < -0.4 is 5.56 Å². The van der Waals surface area contributed by atoms with Crippen molar-refractivity contribution in [2.24, 2.45) is 0 Å². The van der Waals surface area contributed by atoms with Crippen molar-refractivity contribution in [1.29, 1.82) is 0 Å². The predicted octanol–water partition coefficient (Wildman–Crippen LogP) is 1.84. The van der Waals surface area contributed by atoms with Crippen LogP contribution >= 0.6 is 11.6 Å². The van der Waals surface area contributed by atoms with E-state index >= 15 is 0 Å². The third-order valence-electron chi connectivity index (χ3n) is 2.65. The molecule has 2 rings (SSSR count). The SMILES string of the molecule is CCCc1noc(Cn2c(CC)nc(Cl)cc2=O)n1. The van der Waals surface area contributed by atoms with Crippen molar-refractivity contribution in [2.75, 3.05) is 0 Å². The van der Waals surface area contributed by atoms with E-state index in [1.54, 1.807) is 0 Å². The van der Waals surface area contributed by atoms with Crippen LogP contribution in [-0.2, 0) is 19.4 Å². The molecule has 102 valence electrons. The van der Waals surface area contributed by atoms with Crippen molar-refractivity contribution < 1.29 is 4.52 Å². The highest BCUT2D eigenvalue weighted by Crippen LogP contribution is 2.06. The third kappa shape index (κ3) is 3.20.